The lowest BCUT2D eigenvalue weighted by molar-refractivity contribution is -0.255. The van der Waals surface area contributed by atoms with Gasteiger partial charge in [0, 0.05) is 12.3 Å². The largest absolute Gasteiger partial charge is 0.462 e. The Kier molecular flexibility index (Phi) is 3.73. The van der Waals surface area contributed by atoms with Crippen molar-refractivity contribution in [2.45, 2.75) is 46.0 Å². The number of para-hydroxylation sites is 1. The zero-order valence-electron chi connectivity index (χ0n) is 13.8. The SMILES string of the molecule is CC1c2ccccc2OC(C)(OCc2ccccc2)C1(C)C. The Hall–Kier alpha value is -1.80. The molecule has 2 heteroatoms. The van der Waals surface area contributed by atoms with Crippen molar-refractivity contribution in [3.05, 3.63) is 65.7 Å². The number of rotatable bonds is 3. The van der Waals surface area contributed by atoms with Crippen LogP contribution in [0.2, 0.25) is 0 Å². The van der Waals surface area contributed by atoms with E-state index in [2.05, 4.69) is 52.0 Å². The van der Waals surface area contributed by atoms with E-state index in [0.717, 1.165) is 11.3 Å². The monoisotopic (exact) mass is 296 g/mol. The third-order valence-electron chi connectivity index (χ3n) is 5.30. The fourth-order valence-corrected chi connectivity index (χ4v) is 3.07. The van der Waals surface area contributed by atoms with Gasteiger partial charge in [-0.2, -0.15) is 0 Å². The highest BCUT2D eigenvalue weighted by atomic mass is 16.7. The lowest BCUT2D eigenvalue weighted by Gasteiger charge is -2.51. The highest BCUT2D eigenvalue weighted by molar-refractivity contribution is 5.40. The summed E-state index contributed by atoms with van der Waals surface area (Å²) in [6, 6.07) is 18.5. The molecule has 2 unspecified atom stereocenters. The molecule has 0 radical (unpaired) electrons. The first-order valence-electron chi connectivity index (χ1n) is 7.90. The van der Waals surface area contributed by atoms with Gasteiger partial charge in [0.2, 0.25) is 5.79 Å². The Labute approximate surface area is 133 Å². The third kappa shape index (κ3) is 2.42. The molecule has 1 aliphatic heterocycles. The lowest BCUT2D eigenvalue weighted by Crippen LogP contribution is -2.54. The average Bonchev–Trinajstić information content (AvgIpc) is 2.53. The minimum Gasteiger partial charge on any atom is -0.462 e. The van der Waals surface area contributed by atoms with Gasteiger partial charge >= 0.3 is 0 Å². The average molecular weight is 296 g/mol. The molecule has 22 heavy (non-hydrogen) atoms. The van der Waals surface area contributed by atoms with E-state index in [1.54, 1.807) is 0 Å². The van der Waals surface area contributed by atoms with Gasteiger partial charge in [-0.3, -0.25) is 0 Å². The molecule has 0 fully saturated rings. The topological polar surface area (TPSA) is 18.5 Å². The highest BCUT2D eigenvalue weighted by Crippen LogP contribution is 2.53. The number of hydrogen-bond acceptors (Lipinski definition) is 2. The fourth-order valence-electron chi connectivity index (χ4n) is 3.07. The Morgan fingerprint density at radius 1 is 0.955 bits per heavy atom. The Balaban J connectivity index is 1.89. The van der Waals surface area contributed by atoms with E-state index in [1.165, 1.54) is 5.56 Å². The van der Waals surface area contributed by atoms with Crippen LogP contribution in [0.25, 0.3) is 0 Å². The maximum absolute atomic E-state index is 6.30. The second-order valence-electron chi connectivity index (χ2n) is 6.80. The maximum atomic E-state index is 6.30. The first-order valence-corrected chi connectivity index (χ1v) is 7.90. The molecule has 0 N–H and O–H groups in total. The third-order valence-corrected chi connectivity index (χ3v) is 5.30. The first-order chi connectivity index (χ1) is 10.4. The minimum atomic E-state index is -0.656. The van der Waals surface area contributed by atoms with E-state index in [9.17, 15) is 0 Å². The molecule has 2 nitrogen and oxygen atoms in total. The predicted molar refractivity (Wildman–Crippen MR) is 88.9 cm³/mol. The van der Waals surface area contributed by atoms with E-state index in [0.29, 0.717) is 12.5 Å². The summed E-state index contributed by atoms with van der Waals surface area (Å²) >= 11 is 0. The minimum absolute atomic E-state index is 0.129. The number of hydrogen-bond donors (Lipinski definition) is 0. The molecule has 0 spiro atoms. The van der Waals surface area contributed by atoms with E-state index in [-0.39, 0.29) is 5.41 Å². The molecule has 2 aromatic rings. The standard InChI is InChI=1S/C20H24O2/c1-15-17-12-8-9-13-18(17)22-20(4,19(15,2)3)21-14-16-10-6-5-7-11-16/h5-13,15H,14H2,1-4H3. The number of fused-ring (bicyclic) bond motifs is 1. The van der Waals surface area contributed by atoms with Crippen LogP contribution >= 0.6 is 0 Å². The molecule has 2 aromatic carbocycles. The zero-order chi connectivity index (χ0) is 15.8. The molecular weight excluding hydrogens is 272 g/mol. The van der Waals surface area contributed by atoms with Gasteiger partial charge < -0.3 is 9.47 Å². The number of benzene rings is 2. The summed E-state index contributed by atoms with van der Waals surface area (Å²) in [7, 11) is 0. The summed E-state index contributed by atoms with van der Waals surface area (Å²) in [5.41, 5.74) is 2.29. The summed E-state index contributed by atoms with van der Waals surface area (Å²) in [6.45, 7) is 9.31. The van der Waals surface area contributed by atoms with E-state index >= 15 is 0 Å². The molecule has 0 aliphatic carbocycles. The zero-order valence-corrected chi connectivity index (χ0v) is 13.8. The molecule has 0 saturated heterocycles. The maximum Gasteiger partial charge on any atom is 0.213 e. The molecule has 0 amide bonds. The van der Waals surface area contributed by atoms with E-state index in [1.807, 2.05) is 30.3 Å². The Bertz CT molecular complexity index is 648. The normalized spacial score (nSPS) is 26.1. The quantitative estimate of drug-likeness (QED) is 0.780. The van der Waals surface area contributed by atoms with Crippen molar-refractivity contribution < 1.29 is 9.47 Å². The Morgan fingerprint density at radius 3 is 2.32 bits per heavy atom. The van der Waals surface area contributed by atoms with E-state index < -0.39 is 5.79 Å². The van der Waals surface area contributed by atoms with Crippen molar-refractivity contribution in [2.24, 2.45) is 5.41 Å². The molecule has 0 saturated carbocycles. The van der Waals surface area contributed by atoms with Crippen molar-refractivity contribution in [1.29, 1.82) is 0 Å². The molecular formula is C20H24O2. The van der Waals surface area contributed by atoms with Crippen LogP contribution in [0.5, 0.6) is 5.75 Å². The molecule has 116 valence electrons. The summed E-state index contributed by atoms with van der Waals surface area (Å²) in [6.07, 6.45) is 0. The number of ether oxygens (including phenoxy) is 2. The van der Waals surface area contributed by atoms with Crippen molar-refractivity contribution in [2.75, 3.05) is 0 Å². The van der Waals surface area contributed by atoms with Crippen LogP contribution in [0, 0.1) is 5.41 Å². The molecule has 1 heterocycles. The van der Waals surface area contributed by atoms with E-state index in [4.69, 9.17) is 9.47 Å². The van der Waals surface area contributed by atoms with Gasteiger partial charge in [0.15, 0.2) is 0 Å². The lowest BCUT2D eigenvalue weighted by atomic mass is 9.68. The van der Waals surface area contributed by atoms with Gasteiger partial charge in [-0.25, -0.2) is 0 Å². The van der Waals surface area contributed by atoms with Gasteiger partial charge in [-0.15, -0.1) is 0 Å². The molecule has 0 aromatic heterocycles. The molecule has 0 bridgehead atoms. The van der Waals surface area contributed by atoms with Crippen molar-refractivity contribution in [3.8, 4) is 5.75 Å². The molecule has 2 atom stereocenters. The van der Waals surface area contributed by atoms with Gasteiger partial charge in [-0.05, 0) is 23.1 Å². The second-order valence-corrected chi connectivity index (χ2v) is 6.80. The van der Waals surface area contributed by atoms with Gasteiger partial charge in [0.05, 0.1) is 6.61 Å². The van der Waals surface area contributed by atoms with Crippen LogP contribution in [0.4, 0.5) is 0 Å². The summed E-state index contributed by atoms with van der Waals surface area (Å²) in [4.78, 5) is 0. The first kappa shape index (κ1) is 15.1. The summed E-state index contributed by atoms with van der Waals surface area (Å²) in [5.74, 6) is 0.638. The van der Waals surface area contributed by atoms with Crippen LogP contribution in [-0.2, 0) is 11.3 Å². The van der Waals surface area contributed by atoms with Gasteiger partial charge in [0.1, 0.15) is 5.75 Å². The predicted octanol–water partition coefficient (Wildman–Crippen LogP) is 5.14. The summed E-state index contributed by atoms with van der Waals surface area (Å²) < 4.78 is 12.6. The van der Waals surface area contributed by atoms with Crippen LogP contribution in [-0.4, -0.2) is 5.79 Å². The van der Waals surface area contributed by atoms with Crippen LogP contribution in [0.15, 0.2) is 54.6 Å². The summed E-state index contributed by atoms with van der Waals surface area (Å²) in [5, 5.41) is 0. The highest BCUT2D eigenvalue weighted by Gasteiger charge is 2.52. The Morgan fingerprint density at radius 2 is 1.59 bits per heavy atom. The van der Waals surface area contributed by atoms with Crippen LogP contribution in [0.3, 0.4) is 0 Å². The van der Waals surface area contributed by atoms with Crippen LogP contribution in [0.1, 0.15) is 44.7 Å². The molecule has 1 aliphatic rings. The molecule has 3 rings (SSSR count). The van der Waals surface area contributed by atoms with Crippen molar-refractivity contribution in [1.82, 2.24) is 0 Å². The van der Waals surface area contributed by atoms with Gasteiger partial charge in [0.25, 0.3) is 0 Å². The van der Waals surface area contributed by atoms with Crippen molar-refractivity contribution >= 4 is 0 Å². The van der Waals surface area contributed by atoms with Crippen molar-refractivity contribution in [3.63, 3.8) is 0 Å². The van der Waals surface area contributed by atoms with Crippen LogP contribution < -0.4 is 4.74 Å². The second kappa shape index (κ2) is 5.44. The fraction of sp³-hybridized carbons (Fsp3) is 0.400. The smallest absolute Gasteiger partial charge is 0.213 e. The van der Waals surface area contributed by atoms with Gasteiger partial charge in [-0.1, -0.05) is 69.3 Å².